The Labute approximate surface area is 230 Å². The number of pyridine rings is 1. The highest BCUT2D eigenvalue weighted by atomic mass is 19.4. The number of aryl methyl sites for hydroxylation is 1. The van der Waals surface area contributed by atoms with Crippen molar-refractivity contribution in [2.75, 3.05) is 5.32 Å². The summed E-state index contributed by atoms with van der Waals surface area (Å²) in [6.07, 6.45) is -4.51. The van der Waals surface area contributed by atoms with Gasteiger partial charge in [-0.1, -0.05) is 74.5 Å². The molecule has 5 nitrogen and oxygen atoms in total. The second-order valence-electron chi connectivity index (χ2n) is 10.1. The quantitative estimate of drug-likeness (QED) is 0.235. The van der Waals surface area contributed by atoms with Crippen LogP contribution in [0.2, 0.25) is 0 Å². The standard InChI is InChI=1S/C32H28F3N5/c1-19(2)24-9-5-7-11-26(24)30-27-12-8-6-10-25(27)28(18-36)31(38-30)37-21(4)22-13-15-23(16-14-22)40-20(3)17-29(39-40)32(33,34)35/h5-17,19,21H,1-4H3,(H,37,38)/t21-/m0/s1. The average molecular weight is 540 g/mol. The van der Waals surface area contributed by atoms with Crippen LogP contribution in [0.4, 0.5) is 19.0 Å². The first-order valence-corrected chi connectivity index (χ1v) is 13.0. The Balaban J connectivity index is 1.52. The summed E-state index contributed by atoms with van der Waals surface area (Å²) in [5, 5.41) is 19.0. The fourth-order valence-electron chi connectivity index (χ4n) is 4.97. The fourth-order valence-corrected chi connectivity index (χ4v) is 4.97. The van der Waals surface area contributed by atoms with E-state index in [9.17, 15) is 18.4 Å². The molecule has 0 unspecified atom stereocenters. The molecule has 0 aliphatic rings. The maximum absolute atomic E-state index is 13.1. The SMILES string of the molecule is Cc1cc(C(F)(F)F)nn1-c1ccc([C@H](C)Nc2nc(-c3ccccc3C(C)C)c3ccccc3c2C#N)cc1. The van der Waals surface area contributed by atoms with Crippen molar-refractivity contribution in [3.05, 3.63) is 107 Å². The number of alkyl halides is 3. The number of benzene rings is 3. The van der Waals surface area contributed by atoms with Gasteiger partial charge in [-0.3, -0.25) is 0 Å². The summed E-state index contributed by atoms with van der Waals surface area (Å²) in [7, 11) is 0. The summed E-state index contributed by atoms with van der Waals surface area (Å²) in [5.41, 5.74) is 4.32. The number of nitriles is 1. The molecule has 0 aliphatic heterocycles. The van der Waals surface area contributed by atoms with E-state index in [1.54, 1.807) is 19.1 Å². The maximum Gasteiger partial charge on any atom is 0.435 e. The van der Waals surface area contributed by atoms with Gasteiger partial charge in [-0.05, 0) is 49.1 Å². The topological polar surface area (TPSA) is 66.5 Å². The first-order valence-electron chi connectivity index (χ1n) is 13.0. The van der Waals surface area contributed by atoms with Crippen molar-refractivity contribution in [3.8, 4) is 23.0 Å². The monoisotopic (exact) mass is 539 g/mol. The average Bonchev–Trinajstić information content (AvgIpc) is 3.35. The van der Waals surface area contributed by atoms with Crippen molar-refractivity contribution in [2.45, 2.75) is 45.8 Å². The Hall–Kier alpha value is -4.64. The Bertz CT molecular complexity index is 1730. The molecule has 0 amide bonds. The number of nitrogens with one attached hydrogen (secondary N) is 1. The lowest BCUT2D eigenvalue weighted by Crippen LogP contribution is -2.11. The van der Waals surface area contributed by atoms with Crippen LogP contribution in [0.5, 0.6) is 0 Å². The van der Waals surface area contributed by atoms with Crippen LogP contribution in [0.25, 0.3) is 27.7 Å². The van der Waals surface area contributed by atoms with E-state index in [1.807, 2.05) is 55.5 Å². The van der Waals surface area contributed by atoms with Crippen molar-refractivity contribution in [1.82, 2.24) is 14.8 Å². The summed E-state index contributed by atoms with van der Waals surface area (Å²) in [6.45, 7) is 7.83. The highest BCUT2D eigenvalue weighted by molar-refractivity contribution is 6.01. The van der Waals surface area contributed by atoms with Gasteiger partial charge in [0.2, 0.25) is 0 Å². The molecule has 3 aromatic carbocycles. The van der Waals surface area contributed by atoms with E-state index in [2.05, 4.69) is 42.5 Å². The molecule has 2 aromatic heterocycles. The molecule has 5 rings (SSSR count). The summed E-state index contributed by atoms with van der Waals surface area (Å²) < 4.78 is 40.6. The molecule has 0 radical (unpaired) electrons. The van der Waals surface area contributed by atoms with Gasteiger partial charge in [-0.2, -0.15) is 23.5 Å². The molecule has 0 saturated carbocycles. The molecule has 8 heteroatoms. The van der Waals surface area contributed by atoms with Crippen molar-refractivity contribution in [1.29, 1.82) is 5.26 Å². The zero-order chi connectivity index (χ0) is 28.6. The van der Waals surface area contributed by atoms with Crippen LogP contribution in [0.1, 0.15) is 60.8 Å². The van der Waals surface area contributed by atoms with Gasteiger partial charge < -0.3 is 5.32 Å². The first kappa shape index (κ1) is 26.9. The molecule has 1 N–H and O–H groups in total. The molecule has 40 heavy (non-hydrogen) atoms. The summed E-state index contributed by atoms with van der Waals surface area (Å²) in [5.74, 6) is 0.760. The van der Waals surface area contributed by atoms with E-state index in [4.69, 9.17) is 4.98 Å². The molecule has 5 aromatic rings. The number of nitrogens with zero attached hydrogens (tertiary/aromatic N) is 4. The third-order valence-electron chi connectivity index (χ3n) is 7.03. The van der Waals surface area contributed by atoms with E-state index in [0.29, 0.717) is 22.8 Å². The minimum atomic E-state index is -4.51. The van der Waals surface area contributed by atoms with E-state index >= 15 is 0 Å². The van der Waals surface area contributed by atoms with Gasteiger partial charge in [0.05, 0.1) is 11.4 Å². The van der Waals surface area contributed by atoms with Crippen molar-refractivity contribution in [3.63, 3.8) is 0 Å². The minimum Gasteiger partial charge on any atom is -0.362 e. The molecule has 202 valence electrons. The zero-order valence-corrected chi connectivity index (χ0v) is 22.6. The van der Waals surface area contributed by atoms with Gasteiger partial charge >= 0.3 is 6.18 Å². The largest absolute Gasteiger partial charge is 0.435 e. The van der Waals surface area contributed by atoms with Crippen molar-refractivity contribution in [2.24, 2.45) is 0 Å². The van der Waals surface area contributed by atoms with E-state index < -0.39 is 11.9 Å². The molecular weight excluding hydrogens is 511 g/mol. The molecule has 0 aliphatic carbocycles. The predicted molar refractivity (Wildman–Crippen MR) is 151 cm³/mol. The van der Waals surface area contributed by atoms with Crippen LogP contribution in [-0.2, 0) is 6.18 Å². The third-order valence-corrected chi connectivity index (χ3v) is 7.03. The normalized spacial score (nSPS) is 12.5. The van der Waals surface area contributed by atoms with Crippen LogP contribution in [-0.4, -0.2) is 14.8 Å². The number of fused-ring (bicyclic) bond motifs is 1. The number of hydrogen-bond acceptors (Lipinski definition) is 4. The second-order valence-corrected chi connectivity index (χ2v) is 10.1. The molecular formula is C32H28F3N5. The molecule has 0 spiro atoms. The van der Waals surface area contributed by atoms with Gasteiger partial charge in [0, 0.05) is 28.1 Å². The van der Waals surface area contributed by atoms with E-state index in [1.165, 1.54) is 10.2 Å². The molecule has 0 saturated heterocycles. The van der Waals surface area contributed by atoms with E-state index in [0.717, 1.165) is 33.7 Å². The van der Waals surface area contributed by atoms with E-state index in [-0.39, 0.29) is 12.0 Å². The van der Waals surface area contributed by atoms with Crippen LogP contribution in [0, 0.1) is 18.3 Å². The number of hydrogen-bond donors (Lipinski definition) is 1. The summed E-state index contributed by atoms with van der Waals surface area (Å²) in [6, 6.07) is 26.2. The first-order chi connectivity index (χ1) is 19.1. The third kappa shape index (κ3) is 5.03. The van der Waals surface area contributed by atoms with Crippen LogP contribution in [0.3, 0.4) is 0 Å². The van der Waals surface area contributed by atoms with Gasteiger partial charge in [0.15, 0.2) is 5.69 Å². The second kappa shape index (κ2) is 10.5. The number of aromatic nitrogens is 3. The number of anilines is 1. The maximum atomic E-state index is 13.1. The Morgan fingerprint density at radius 2 is 1.55 bits per heavy atom. The minimum absolute atomic E-state index is 0.243. The summed E-state index contributed by atoms with van der Waals surface area (Å²) in [4.78, 5) is 5.00. The van der Waals surface area contributed by atoms with Crippen molar-refractivity contribution < 1.29 is 13.2 Å². The van der Waals surface area contributed by atoms with Crippen LogP contribution >= 0.6 is 0 Å². The fraction of sp³-hybridized carbons (Fsp3) is 0.219. The molecule has 1 atom stereocenters. The Morgan fingerprint density at radius 1 is 0.900 bits per heavy atom. The predicted octanol–water partition coefficient (Wildman–Crippen LogP) is 8.58. The lowest BCUT2D eigenvalue weighted by molar-refractivity contribution is -0.141. The zero-order valence-electron chi connectivity index (χ0n) is 22.6. The molecule has 0 bridgehead atoms. The number of halogens is 3. The molecule has 0 fully saturated rings. The van der Waals surface area contributed by atoms with Gasteiger partial charge in [0.25, 0.3) is 0 Å². The lowest BCUT2D eigenvalue weighted by atomic mass is 9.92. The van der Waals surface area contributed by atoms with Crippen molar-refractivity contribution >= 4 is 16.6 Å². The Kier molecular flexibility index (Phi) is 7.07. The van der Waals surface area contributed by atoms with Gasteiger partial charge in [-0.25, -0.2) is 9.67 Å². The van der Waals surface area contributed by atoms with Crippen LogP contribution < -0.4 is 5.32 Å². The molecule has 2 heterocycles. The highest BCUT2D eigenvalue weighted by Crippen LogP contribution is 2.37. The highest BCUT2D eigenvalue weighted by Gasteiger charge is 2.34. The number of rotatable bonds is 6. The van der Waals surface area contributed by atoms with Gasteiger partial charge in [0.1, 0.15) is 17.5 Å². The smallest absolute Gasteiger partial charge is 0.362 e. The van der Waals surface area contributed by atoms with Crippen LogP contribution in [0.15, 0.2) is 78.9 Å². The van der Waals surface area contributed by atoms with Gasteiger partial charge in [-0.15, -0.1) is 0 Å². The lowest BCUT2D eigenvalue weighted by Gasteiger charge is -2.20. The Morgan fingerprint density at radius 3 is 2.17 bits per heavy atom. The summed E-state index contributed by atoms with van der Waals surface area (Å²) >= 11 is 0.